The van der Waals surface area contributed by atoms with Crippen LogP contribution in [0.2, 0.25) is 0 Å². The first kappa shape index (κ1) is 22.2. The maximum atomic E-state index is 12.1. The lowest BCUT2D eigenvalue weighted by atomic mass is 9.70. The molecule has 0 aliphatic heterocycles. The molecule has 4 nitrogen and oxygen atoms in total. The number of aromatic nitrogens is 1. The third-order valence-corrected chi connectivity index (χ3v) is 7.65. The molecule has 2 aliphatic carbocycles. The molecule has 0 bridgehead atoms. The molecule has 4 unspecified atom stereocenters. The summed E-state index contributed by atoms with van der Waals surface area (Å²) in [6.45, 7) is 2.89. The van der Waals surface area contributed by atoms with Crippen molar-refractivity contribution in [2.75, 3.05) is 6.61 Å². The summed E-state index contributed by atoms with van der Waals surface area (Å²) in [7, 11) is 0. The van der Waals surface area contributed by atoms with Crippen molar-refractivity contribution in [1.29, 1.82) is 0 Å². The number of ether oxygens (including phenoxy) is 2. The average molecular weight is 446 g/mol. The van der Waals surface area contributed by atoms with Crippen molar-refractivity contribution in [2.24, 2.45) is 11.8 Å². The van der Waals surface area contributed by atoms with Gasteiger partial charge in [0, 0.05) is 24.0 Å². The van der Waals surface area contributed by atoms with Crippen LogP contribution in [0.15, 0.2) is 59.4 Å². The van der Waals surface area contributed by atoms with Gasteiger partial charge in [0.25, 0.3) is 0 Å². The standard InChI is InChI=1S/C29H35NO3/c1-2-32-23-12-5-3-4-10-22(19-23)25-17-15-20-9-6-7-13-24(20)29(25)33-26-14-8-11-21-16-18-27(31)30-28(21)26/h6-9,11,13-14,16,18,22-23,25,29H,2-5,10,12,15,17,19H2,1H3,(H,30,31). The van der Waals surface area contributed by atoms with Gasteiger partial charge < -0.3 is 14.5 Å². The van der Waals surface area contributed by atoms with E-state index in [2.05, 4.69) is 36.2 Å². The van der Waals surface area contributed by atoms with E-state index in [1.807, 2.05) is 24.3 Å². The van der Waals surface area contributed by atoms with Crippen molar-refractivity contribution >= 4 is 10.9 Å². The molecule has 1 aromatic heterocycles. The number of para-hydroxylation sites is 1. The van der Waals surface area contributed by atoms with Crippen LogP contribution in [0.25, 0.3) is 10.9 Å². The second kappa shape index (κ2) is 10.1. The zero-order valence-corrected chi connectivity index (χ0v) is 19.6. The highest BCUT2D eigenvalue weighted by atomic mass is 16.5. The molecule has 33 heavy (non-hydrogen) atoms. The second-order valence-electron chi connectivity index (χ2n) is 9.69. The van der Waals surface area contributed by atoms with E-state index in [4.69, 9.17) is 9.47 Å². The van der Waals surface area contributed by atoms with Crippen molar-refractivity contribution in [3.8, 4) is 5.75 Å². The number of rotatable bonds is 5. The number of hydrogen-bond donors (Lipinski definition) is 1. The maximum absolute atomic E-state index is 12.1. The molecule has 1 saturated carbocycles. The highest BCUT2D eigenvalue weighted by Gasteiger charge is 2.38. The number of benzene rings is 2. The van der Waals surface area contributed by atoms with E-state index < -0.39 is 0 Å². The van der Waals surface area contributed by atoms with Gasteiger partial charge >= 0.3 is 0 Å². The van der Waals surface area contributed by atoms with Gasteiger partial charge in [0.15, 0.2) is 0 Å². The summed E-state index contributed by atoms with van der Waals surface area (Å²) in [6, 6.07) is 18.2. The van der Waals surface area contributed by atoms with E-state index >= 15 is 0 Å². The monoisotopic (exact) mass is 445 g/mol. The molecule has 2 aromatic carbocycles. The first-order chi connectivity index (χ1) is 16.2. The molecule has 174 valence electrons. The highest BCUT2D eigenvalue weighted by molar-refractivity contribution is 5.84. The second-order valence-corrected chi connectivity index (χ2v) is 9.69. The Bertz CT molecular complexity index is 1140. The normalized spacial score (nSPS) is 25.7. The van der Waals surface area contributed by atoms with E-state index in [1.165, 1.54) is 43.2 Å². The number of fused-ring (bicyclic) bond motifs is 2. The minimum Gasteiger partial charge on any atom is -0.483 e. The number of aromatic amines is 1. The molecular formula is C29H35NO3. The van der Waals surface area contributed by atoms with Gasteiger partial charge in [-0.25, -0.2) is 0 Å². The molecule has 1 fully saturated rings. The summed E-state index contributed by atoms with van der Waals surface area (Å²) in [5, 5.41) is 0.995. The molecule has 4 heteroatoms. The smallest absolute Gasteiger partial charge is 0.248 e. The van der Waals surface area contributed by atoms with E-state index in [9.17, 15) is 4.79 Å². The van der Waals surface area contributed by atoms with E-state index in [1.54, 1.807) is 6.07 Å². The zero-order chi connectivity index (χ0) is 22.6. The molecule has 5 rings (SSSR count). The number of pyridine rings is 1. The van der Waals surface area contributed by atoms with Crippen LogP contribution in [0.5, 0.6) is 5.75 Å². The summed E-state index contributed by atoms with van der Waals surface area (Å²) in [5.41, 5.74) is 3.38. The van der Waals surface area contributed by atoms with Crippen LogP contribution in [-0.4, -0.2) is 17.7 Å². The molecule has 4 atom stereocenters. The van der Waals surface area contributed by atoms with Crippen molar-refractivity contribution in [2.45, 2.75) is 70.5 Å². The third-order valence-electron chi connectivity index (χ3n) is 7.65. The van der Waals surface area contributed by atoms with E-state index in [0.29, 0.717) is 17.9 Å². The minimum absolute atomic E-state index is 0.0176. The van der Waals surface area contributed by atoms with Crippen molar-refractivity contribution in [3.63, 3.8) is 0 Å². The summed E-state index contributed by atoms with van der Waals surface area (Å²) >= 11 is 0. The Morgan fingerprint density at radius 1 is 0.939 bits per heavy atom. The third kappa shape index (κ3) is 4.86. The number of H-pyrrole nitrogens is 1. The first-order valence-electron chi connectivity index (χ1n) is 12.7. The number of nitrogens with one attached hydrogen (secondary N) is 1. The Balaban J connectivity index is 1.51. The molecule has 2 aliphatic rings. The molecular weight excluding hydrogens is 410 g/mol. The molecule has 3 aromatic rings. The predicted molar refractivity (Wildman–Crippen MR) is 133 cm³/mol. The van der Waals surface area contributed by atoms with Crippen LogP contribution in [0.1, 0.15) is 69.1 Å². The van der Waals surface area contributed by atoms with Gasteiger partial charge in [0.1, 0.15) is 11.9 Å². The lowest BCUT2D eigenvalue weighted by molar-refractivity contribution is 0.00138. The van der Waals surface area contributed by atoms with Gasteiger partial charge in [0.05, 0.1) is 11.6 Å². The summed E-state index contributed by atoms with van der Waals surface area (Å²) in [6.07, 6.45) is 9.95. The number of hydrogen-bond acceptors (Lipinski definition) is 3. The first-order valence-corrected chi connectivity index (χ1v) is 12.7. The van der Waals surface area contributed by atoms with Crippen LogP contribution in [0.3, 0.4) is 0 Å². The van der Waals surface area contributed by atoms with Gasteiger partial charge in [0.2, 0.25) is 5.56 Å². The topological polar surface area (TPSA) is 51.3 Å². The molecule has 1 heterocycles. The average Bonchev–Trinajstić information content (AvgIpc) is 2.81. The molecule has 0 radical (unpaired) electrons. The van der Waals surface area contributed by atoms with E-state index in [0.717, 1.165) is 42.5 Å². The van der Waals surface area contributed by atoms with Gasteiger partial charge in [-0.15, -0.1) is 0 Å². The predicted octanol–water partition coefficient (Wildman–Crippen LogP) is 6.59. The van der Waals surface area contributed by atoms with Crippen molar-refractivity contribution < 1.29 is 9.47 Å². The quantitative estimate of drug-likeness (QED) is 0.482. The Labute approximate surface area is 196 Å². The SMILES string of the molecule is CCOC1CCCCCC(C2CCc3ccccc3C2Oc2cccc3ccc(=O)[nH]c23)C1. The van der Waals surface area contributed by atoms with Crippen molar-refractivity contribution in [3.05, 3.63) is 76.1 Å². The fourth-order valence-corrected chi connectivity index (χ4v) is 6.07. The van der Waals surface area contributed by atoms with Gasteiger partial charge in [-0.1, -0.05) is 55.7 Å². The summed E-state index contributed by atoms with van der Waals surface area (Å²) < 4.78 is 13.0. The lowest BCUT2D eigenvalue weighted by Gasteiger charge is -2.40. The molecule has 0 amide bonds. The summed E-state index contributed by atoms with van der Waals surface area (Å²) in [5.74, 6) is 1.78. The van der Waals surface area contributed by atoms with Gasteiger partial charge in [-0.2, -0.15) is 0 Å². The lowest BCUT2D eigenvalue weighted by Crippen LogP contribution is -2.34. The highest BCUT2D eigenvalue weighted by Crippen LogP contribution is 2.46. The van der Waals surface area contributed by atoms with Crippen LogP contribution >= 0.6 is 0 Å². The molecule has 1 N–H and O–H groups in total. The van der Waals surface area contributed by atoms with Crippen molar-refractivity contribution in [1.82, 2.24) is 4.98 Å². The van der Waals surface area contributed by atoms with E-state index in [-0.39, 0.29) is 11.7 Å². The Hall–Kier alpha value is -2.59. The Kier molecular flexibility index (Phi) is 6.82. The Morgan fingerprint density at radius 3 is 2.73 bits per heavy atom. The largest absolute Gasteiger partial charge is 0.483 e. The summed E-state index contributed by atoms with van der Waals surface area (Å²) in [4.78, 5) is 15.1. The number of aryl methyl sites for hydroxylation is 1. The van der Waals surface area contributed by atoms with Crippen LogP contribution < -0.4 is 10.3 Å². The molecule has 0 spiro atoms. The fraction of sp³-hybridized carbons (Fsp3) is 0.483. The van der Waals surface area contributed by atoms with Crippen LogP contribution in [-0.2, 0) is 11.2 Å². The zero-order valence-electron chi connectivity index (χ0n) is 19.6. The van der Waals surface area contributed by atoms with Gasteiger partial charge in [-0.3, -0.25) is 4.79 Å². The van der Waals surface area contributed by atoms with Gasteiger partial charge in [-0.05, 0) is 68.2 Å². The minimum atomic E-state index is -0.0984. The van der Waals surface area contributed by atoms with Crippen LogP contribution in [0, 0.1) is 11.8 Å². The fourth-order valence-electron chi connectivity index (χ4n) is 6.07. The Morgan fingerprint density at radius 2 is 1.82 bits per heavy atom. The molecule has 0 saturated heterocycles. The van der Waals surface area contributed by atoms with Crippen LogP contribution in [0.4, 0.5) is 0 Å². The maximum Gasteiger partial charge on any atom is 0.248 e.